The Morgan fingerprint density at radius 1 is 1.03 bits per heavy atom. The van der Waals surface area contributed by atoms with Crippen LogP contribution in [0.2, 0.25) is 5.02 Å². The predicted octanol–water partition coefficient (Wildman–Crippen LogP) is 7.23. The van der Waals surface area contributed by atoms with Gasteiger partial charge < -0.3 is 14.8 Å². The Hall–Kier alpha value is -3.43. The molecule has 0 saturated carbocycles. The van der Waals surface area contributed by atoms with Crippen LogP contribution in [0.3, 0.4) is 0 Å². The largest absolute Gasteiger partial charge is 0.490 e. The van der Waals surface area contributed by atoms with Crippen LogP contribution in [0.5, 0.6) is 11.5 Å². The van der Waals surface area contributed by atoms with E-state index in [-0.39, 0.29) is 17.5 Å². The van der Waals surface area contributed by atoms with Crippen LogP contribution < -0.4 is 14.8 Å². The summed E-state index contributed by atoms with van der Waals surface area (Å²) in [5.74, 6) is 0.622. The third kappa shape index (κ3) is 6.41. The molecular formula is C26H20ClF3N2O3S. The third-order valence-corrected chi connectivity index (χ3v) is 6.24. The lowest BCUT2D eigenvalue weighted by molar-refractivity contribution is -0.137. The first kappa shape index (κ1) is 25.7. The Labute approximate surface area is 215 Å². The van der Waals surface area contributed by atoms with Crippen molar-refractivity contribution in [3.05, 3.63) is 93.3 Å². The molecule has 1 N–H and O–H groups in total. The van der Waals surface area contributed by atoms with Crippen LogP contribution in [0.15, 0.2) is 76.6 Å². The number of benzene rings is 3. The van der Waals surface area contributed by atoms with E-state index in [0.29, 0.717) is 33.6 Å². The van der Waals surface area contributed by atoms with E-state index in [1.807, 2.05) is 25.1 Å². The number of carbonyl (C=O) groups is 1. The molecule has 0 unspecified atom stereocenters. The van der Waals surface area contributed by atoms with E-state index >= 15 is 0 Å². The molecule has 0 aliphatic carbocycles. The second-order valence-electron chi connectivity index (χ2n) is 7.55. The van der Waals surface area contributed by atoms with Gasteiger partial charge in [-0.3, -0.25) is 4.79 Å². The van der Waals surface area contributed by atoms with Gasteiger partial charge in [0.1, 0.15) is 6.61 Å². The lowest BCUT2D eigenvalue weighted by atomic mass is 10.2. The average Bonchev–Trinajstić information content (AvgIpc) is 3.17. The fourth-order valence-corrected chi connectivity index (χ4v) is 4.31. The fourth-order valence-electron chi connectivity index (χ4n) is 3.27. The molecule has 1 aliphatic heterocycles. The molecule has 3 aromatic carbocycles. The number of rotatable bonds is 7. The van der Waals surface area contributed by atoms with Crippen LogP contribution in [0.4, 0.5) is 18.9 Å². The molecule has 3 aromatic rings. The van der Waals surface area contributed by atoms with E-state index in [9.17, 15) is 18.0 Å². The molecule has 1 amide bonds. The van der Waals surface area contributed by atoms with Gasteiger partial charge >= 0.3 is 6.18 Å². The minimum absolute atomic E-state index is 0.0903. The molecule has 0 bridgehead atoms. The number of ether oxygens (including phenoxy) is 2. The molecule has 0 radical (unpaired) electrons. The predicted molar refractivity (Wildman–Crippen MR) is 136 cm³/mol. The Morgan fingerprint density at radius 2 is 1.83 bits per heavy atom. The SMILES string of the molecule is CCOc1cc(C=C2SC(=Nc3cccc(C(F)(F)F)c3)NC2=O)ccc1OCc1ccccc1Cl. The summed E-state index contributed by atoms with van der Waals surface area (Å²) in [5.41, 5.74) is 0.795. The van der Waals surface area contributed by atoms with Crippen molar-refractivity contribution >= 4 is 46.2 Å². The summed E-state index contributed by atoms with van der Waals surface area (Å²) >= 11 is 7.23. The van der Waals surface area contributed by atoms with Gasteiger partial charge in [0.05, 0.1) is 22.8 Å². The summed E-state index contributed by atoms with van der Waals surface area (Å²) in [5, 5.41) is 3.37. The Morgan fingerprint density at radius 3 is 2.58 bits per heavy atom. The van der Waals surface area contributed by atoms with E-state index in [2.05, 4.69) is 10.3 Å². The maximum Gasteiger partial charge on any atom is 0.416 e. The highest BCUT2D eigenvalue weighted by atomic mass is 35.5. The highest BCUT2D eigenvalue weighted by Gasteiger charge is 2.30. The van der Waals surface area contributed by atoms with Crippen LogP contribution in [0.1, 0.15) is 23.6 Å². The van der Waals surface area contributed by atoms with Crippen molar-refractivity contribution in [2.45, 2.75) is 19.7 Å². The van der Waals surface area contributed by atoms with Crippen molar-refractivity contribution in [1.29, 1.82) is 0 Å². The lowest BCUT2D eigenvalue weighted by Gasteiger charge is -2.13. The van der Waals surface area contributed by atoms with Gasteiger partial charge in [0.2, 0.25) is 0 Å². The molecule has 1 fully saturated rings. The zero-order valence-corrected chi connectivity index (χ0v) is 20.5. The summed E-state index contributed by atoms with van der Waals surface area (Å²) in [6.45, 7) is 2.51. The third-order valence-electron chi connectivity index (χ3n) is 4.96. The standard InChI is InChI=1S/C26H20ClF3N2O3S/c1-2-34-22-12-16(10-11-21(22)35-15-17-6-3-4-9-20(17)27)13-23-24(33)32-25(36-23)31-19-8-5-7-18(14-19)26(28,29)30/h3-14H,2,15H2,1H3,(H,31,32,33). The van der Waals surface area contributed by atoms with Crippen molar-refractivity contribution in [2.24, 2.45) is 4.99 Å². The summed E-state index contributed by atoms with van der Waals surface area (Å²) in [6.07, 6.45) is -2.83. The molecular weight excluding hydrogens is 513 g/mol. The van der Waals surface area contributed by atoms with Crippen molar-refractivity contribution in [3.8, 4) is 11.5 Å². The smallest absolute Gasteiger partial charge is 0.416 e. The van der Waals surface area contributed by atoms with Gasteiger partial charge in [-0.2, -0.15) is 13.2 Å². The minimum Gasteiger partial charge on any atom is -0.490 e. The number of nitrogens with zero attached hydrogens (tertiary/aromatic N) is 1. The van der Waals surface area contributed by atoms with Crippen LogP contribution in [0.25, 0.3) is 6.08 Å². The van der Waals surface area contributed by atoms with E-state index < -0.39 is 17.6 Å². The summed E-state index contributed by atoms with van der Waals surface area (Å²) in [7, 11) is 0. The molecule has 0 spiro atoms. The lowest BCUT2D eigenvalue weighted by Crippen LogP contribution is -2.19. The zero-order valence-electron chi connectivity index (χ0n) is 18.9. The minimum atomic E-state index is -4.48. The Kier molecular flexibility index (Phi) is 7.91. The second kappa shape index (κ2) is 11.1. The molecule has 186 valence electrons. The number of carbonyl (C=O) groups excluding carboxylic acids is 1. The van der Waals surface area contributed by atoms with Crippen LogP contribution in [-0.2, 0) is 17.6 Å². The summed E-state index contributed by atoms with van der Waals surface area (Å²) in [6, 6.07) is 17.2. The molecule has 4 rings (SSSR count). The number of amides is 1. The number of halogens is 4. The van der Waals surface area contributed by atoms with Gasteiger partial charge in [0.15, 0.2) is 16.7 Å². The first-order chi connectivity index (χ1) is 17.2. The zero-order chi connectivity index (χ0) is 25.7. The molecule has 0 aromatic heterocycles. The number of aliphatic imine (C=N–C) groups is 1. The second-order valence-corrected chi connectivity index (χ2v) is 8.99. The van der Waals surface area contributed by atoms with E-state index in [1.54, 1.807) is 30.3 Å². The van der Waals surface area contributed by atoms with Gasteiger partial charge in [0, 0.05) is 10.6 Å². The molecule has 10 heteroatoms. The van der Waals surface area contributed by atoms with Crippen molar-refractivity contribution in [2.75, 3.05) is 6.61 Å². The van der Waals surface area contributed by atoms with Crippen molar-refractivity contribution in [3.63, 3.8) is 0 Å². The number of nitrogens with one attached hydrogen (secondary N) is 1. The number of alkyl halides is 3. The van der Waals surface area contributed by atoms with Crippen molar-refractivity contribution < 1.29 is 27.4 Å². The molecule has 5 nitrogen and oxygen atoms in total. The molecule has 36 heavy (non-hydrogen) atoms. The van der Waals surface area contributed by atoms with Gasteiger partial charge in [-0.05, 0) is 66.7 Å². The molecule has 1 aliphatic rings. The molecule has 1 heterocycles. The average molecular weight is 533 g/mol. The number of thioether (sulfide) groups is 1. The van der Waals surface area contributed by atoms with Gasteiger partial charge in [-0.15, -0.1) is 0 Å². The molecule has 0 atom stereocenters. The van der Waals surface area contributed by atoms with E-state index in [1.165, 1.54) is 12.1 Å². The van der Waals surface area contributed by atoms with Crippen LogP contribution in [0, 0.1) is 0 Å². The number of hydrogen-bond acceptors (Lipinski definition) is 5. The number of hydrogen-bond donors (Lipinski definition) is 1. The Bertz CT molecular complexity index is 1340. The highest BCUT2D eigenvalue weighted by molar-refractivity contribution is 8.18. The molecule has 1 saturated heterocycles. The summed E-state index contributed by atoms with van der Waals surface area (Å²) < 4.78 is 50.5. The van der Waals surface area contributed by atoms with Crippen LogP contribution >= 0.6 is 23.4 Å². The fraction of sp³-hybridized carbons (Fsp3) is 0.154. The maximum absolute atomic E-state index is 13.0. The first-order valence-corrected chi connectivity index (χ1v) is 12.0. The normalized spacial score (nSPS) is 15.9. The van der Waals surface area contributed by atoms with Gasteiger partial charge in [-0.1, -0.05) is 41.9 Å². The quantitative estimate of drug-likeness (QED) is 0.326. The van der Waals surface area contributed by atoms with Gasteiger partial charge in [0.25, 0.3) is 5.91 Å². The topological polar surface area (TPSA) is 59.9 Å². The van der Waals surface area contributed by atoms with Gasteiger partial charge in [-0.25, -0.2) is 4.99 Å². The number of amidine groups is 1. The van der Waals surface area contributed by atoms with E-state index in [0.717, 1.165) is 29.5 Å². The summed E-state index contributed by atoms with van der Waals surface area (Å²) in [4.78, 5) is 16.9. The van der Waals surface area contributed by atoms with Crippen LogP contribution in [-0.4, -0.2) is 17.7 Å². The monoisotopic (exact) mass is 532 g/mol. The Balaban J connectivity index is 1.52. The highest BCUT2D eigenvalue weighted by Crippen LogP contribution is 2.35. The van der Waals surface area contributed by atoms with Crippen molar-refractivity contribution in [1.82, 2.24) is 5.32 Å². The maximum atomic E-state index is 13.0. The van der Waals surface area contributed by atoms with E-state index in [4.69, 9.17) is 21.1 Å². The first-order valence-electron chi connectivity index (χ1n) is 10.8.